The van der Waals surface area contributed by atoms with Gasteiger partial charge in [0, 0.05) is 13.0 Å². The summed E-state index contributed by atoms with van der Waals surface area (Å²) in [4.78, 5) is 63.8. The van der Waals surface area contributed by atoms with Gasteiger partial charge in [-0.1, -0.05) is 20.3 Å². The van der Waals surface area contributed by atoms with E-state index in [1.165, 1.54) is 6.92 Å². The zero-order chi connectivity index (χ0) is 26.4. The highest BCUT2D eigenvalue weighted by molar-refractivity contribution is 5.94. The molecule has 0 aromatic heterocycles. The number of hydrogen-bond donors (Lipinski definition) is 8. The van der Waals surface area contributed by atoms with Crippen LogP contribution in [0.3, 0.4) is 0 Å². The topological polar surface area (TPSA) is 252 Å². The second-order valence-electron chi connectivity index (χ2n) is 7.98. The van der Waals surface area contributed by atoms with Gasteiger partial charge < -0.3 is 43.4 Å². The molecule has 0 heterocycles. The summed E-state index contributed by atoms with van der Waals surface area (Å²) in [7, 11) is 0. The minimum atomic E-state index is -1.34. The van der Waals surface area contributed by atoms with E-state index in [2.05, 4.69) is 20.9 Å². The van der Waals surface area contributed by atoms with Crippen LogP contribution in [0.1, 0.15) is 52.9 Å². The van der Waals surface area contributed by atoms with E-state index in [9.17, 15) is 24.0 Å². The maximum atomic E-state index is 13.0. The second-order valence-corrected chi connectivity index (χ2v) is 7.98. The van der Waals surface area contributed by atoms with Crippen LogP contribution in [0.4, 0.5) is 0 Å². The molecular weight excluding hydrogens is 450 g/mol. The summed E-state index contributed by atoms with van der Waals surface area (Å²) >= 11 is 0. The summed E-state index contributed by atoms with van der Waals surface area (Å²) in [6.07, 6.45) is 0.285. The smallest absolute Gasteiger partial charge is 0.325 e. The lowest BCUT2D eigenvalue weighted by atomic mass is 9.98. The lowest BCUT2D eigenvalue weighted by Crippen LogP contribution is -2.57. The van der Waals surface area contributed by atoms with Crippen LogP contribution in [-0.4, -0.2) is 76.5 Å². The Kier molecular flexibility index (Phi) is 13.9. The SMILES string of the molecule is CCC(C)C(N)C(=O)NC(CCCN=C(N)N)C(=O)NC(CCC(=O)O)C(=O)NC(C)C(=O)O. The fraction of sp³-hybridized carbons (Fsp3) is 0.700. The van der Waals surface area contributed by atoms with E-state index in [0.717, 1.165) is 0 Å². The molecule has 11 N–H and O–H groups in total. The van der Waals surface area contributed by atoms with Crippen LogP contribution < -0.4 is 33.2 Å². The van der Waals surface area contributed by atoms with E-state index in [1.54, 1.807) is 6.92 Å². The molecule has 0 bridgehead atoms. The Balaban J connectivity index is 5.56. The van der Waals surface area contributed by atoms with Gasteiger partial charge >= 0.3 is 11.9 Å². The van der Waals surface area contributed by atoms with Gasteiger partial charge in [-0.15, -0.1) is 0 Å². The number of carbonyl (C=O) groups excluding carboxylic acids is 3. The van der Waals surface area contributed by atoms with Gasteiger partial charge in [0.15, 0.2) is 5.96 Å². The first-order valence-electron chi connectivity index (χ1n) is 11.0. The van der Waals surface area contributed by atoms with Crippen molar-refractivity contribution in [3.63, 3.8) is 0 Å². The van der Waals surface area contributed by atoms with E-state index in [-0.39, 0.29) is 31.3 Å². The van der Waals surface area contributed by atoms with Crippen molar-refractivity contribution >= 4 is 35.6 Å². The molecule has 14 heteroatoms. The van der Waals surface area contributed by atoms with Crippen LogP contribution >= 0.6 is 0 Å². The molecule has 0 aliphatic heterocycles. The van der Waals surface area contributed by atoms with Gasteiger partial charge in [0.2, 0.25) is 17.7 Å². The monoisotopic (exact) mass is 487 g/mol. The van der Waals surface area contributed by atoms with Gasteiger partial charge in [-0.25, -0.2) is 0 Å². The number of carboxylic acids is 2. The van der Waals surface area contributed by atoms with E-state index in [4.69, 9.17) is 27.4 Å². The van der Waals surface area contributed by atoms with Crippen molar-refractivity contribution in [2.75, 3.05) is 6.54 Å². The third-order valence-electron chi connectivity index (χ3n) is 5.15. The Morgan fingerprint density at radius 3 is 1.91 bits per heavy atom. The Morgan fingerprint density at radius 2 is 1.41 bits per heavy atom. The summed E-state index contributed by atoms with van der Waals surface area (Å²) < 4.78 is 0. The molecule has 0 rings (SSSR count). The lowest BCUT2D eigenvalue weighted by molar-refractivity contribution is -0.142. The van der Waals surface area contributed by atoms with Crippen LogP contribution in [0, 0.1) is 5.92 Å². The van der Waals surface area contributed by atoms with E-state index < -0.39 is 60.2 Å². The Morgan fingerprint density at radius 1 is 0.882 bits per heavy atom. The van der Waals surface area contributed by atoms with Crippen LogP contribution in [0.2, 0.25) is 0 Å². The van der Waals surface area contributed by atoms with Crippen LogP contribution in [0.25, 0.3) is 0 Å². The van der Waals surface area contributed by atoms with Gasteiger partial charge in [0.1, 0.15) is 18.1 Å². The summed E-state index contributed by atoms with van der Waals surface area (Å²) in [6, 6.07) is -4.60. The molecule has 0 aliphatic carbocycles. The van der Waals surface area contributed by atoms with Crippen LogP contribution in [0.5, 0.6) is 0 Å². The summed E-state index contributed by atoms with van der Waals surface area (Å²) in [6.45, 7) is 5.05. The molecule has 34 heavy (non-hydrogen) atoms. The molecule has 0 fully saturated rings. The second kappa shape index (κ2) is 15.4. The molecule has 0 radical (unpaired) electrons. The molecule has 0 spiro atoms. The number of rotatable bonds is 16. The maximum Gasteiger partial charge on any atom is 0.325 e. The predicted molar refractivity (Wildman–Crippen MR) is 123 cm³/mol. The normalized spacial score (nSPS) is 15.1. The number of nitrogens with one attached hydrogen (secondary N) is 3. The van der Waals surface area contributed by atoms with Crippen molar-refractivity contribution < 1.29 is 34.2 Å². The van der Waals surface area contributed by atoms with Gasteiger partial charge in [-0.05, 0) is 32.1 Å². The maximum absolute atomic E-state index is 13.0. The Bertz CT molecular complexity index is 756. The molecule has 14 nitrogen and oxygen atoms in total. The first-order valence-corrected chi connectivity index (χ1v) is 11.0. The highest BCUT2D eigenvalue weighted by atomic mass is 16.4. The third kappa shape index (κ3) is 12.0. The molecule has 0 saturated heterocycles. The predicted octanol–water partition coefficient (Wildman–Crippen LogP) is -2.16. The average Bonchev–Trinajstić information content (AvgIpc) is 2.76. The molecule has 0 saturated carbocycles. The Hall–Kier alpha value is -3.42. The summed E-state index contributed by atoms with van der Waals surface area (Å²) in [5, 5.41) is 25.1. The number of aliphatic imine (C=N–C) groups is 1. The Labute approximate surface area is 198 Å². The number of guanidine groups is 1. The molecule has 5 unspecified atom stereocenters. The number of aliphatic carboxylic acids is 2. The van der Waals surface area contributed by atoms with E-state index in [1.807, 2.05) is 6.92 Å². The third-order valence-corrected chi connectivity index (χ3v) is 5.15. The van der Waals surface area contributed by atoms with Gasteiger partial charge in [-0.3, -0.25) is 29.0 Å². The zero-order valence-corrected chi connectivity index (χ0v) is 19.7. The molecule has 0 aromatic rings. The summed E-state index contributed by atoms with van der Waals surface area (Å²) in [5.74, 6) is -5.00. The molecule has 5 atom stereocenters. The first-order chi connectivity index (χ1) is 15.8. The van der Waals surface area contributed by atoms with Crippen molar-refractivity contribution in [3.05, 3.63) is 0 Å². The summed E-state index contributed by atoms with van der Waals surface area (Å²) in [5.41, 5.74) is 16.5. The minimum Gasteiger partial charge on any atom is -0.481 e. The fourth-order valence-corrected chi connectivity index (χ4v) is 2.74. The highest BCUT2D eigenvalue weighted by Crippen LogP contribution is 2.08. The molecular formula is C20H37N7O7. The quantitative estimate of drug-likeness (QED) is 0.0664. The van der Waals surface area contributed by atoms with Crippen molar-refractivity contribution in [3.8, 4) is 0 Å². The molecule has 0 aliphatic rings. The first kappa shape index (κ1) is 30.6. The highest BCUT2D eigenvalue weighted by Gasteiger charge is 2.30. The van der Waals surface area contributed by atoms with Gasteiger partial charge in [0.05, 0.1) is 6.04 Å². The number of hydrogen-bond acceptors (Lipinski definition) is 7. The average molecular weight is 488 g/mol. The van der Waals surface area contributed by atoms with Crippen molar-refractivity contribution in [2.24, 2.45) is 28.1 Å². The van der Waals surface area contributed by atoms with E-state index >= 15 is 0 Å². The number of nitrogens with zero attached hydrogens (tertiary/aromatic N) is 1. The van der Waals surface area contributed by atoms with Gasteiger partial charge in [-0.2, -0.15) is 0 Å². The number of nitrogens with two attached hydrogens (primary N) is 3. The largest absolute Gasteiger partial charge is 0.481 e. The van der Waals surface area contributed by atoms with Crippen LogP contribution in [0.15, 0.2) is 4.99 Å². The van der Waals surface area contributed by atoms with Crippen LogP contribution in [-0.2, 0) is 24.0 Å². The molecule has 194 valence electrons. The van der Waals surface area contributed by atoms with Gasteiger partial charge in [0.25, 0.3) is 0 Å². The molecule has 3 amide bonds. The number of carbonyl (C=O) groups is 5. The number of amides is 3. The zero-order valence-electron chi connectivity index (χ0n) is 19.7. The minimum absolute atomic E-state index is 0.0976. The fourth-order valence-electron chi connectivity index (χ4n) is 2.74. The van der Waals surface area contributed by atoms with E-state index in [0.29, 0.717) is 12.8 Å². The molecule has 0 aromatic carbocycles. The van der Waals surface area contributed by atoms with Crippen molar-refractivity contribution in [1.29, 1.82) is 0 Å². The van der Waals surface area contributed by atoms with Crippen molar-refractivity contribution in [2.45, 2.75) is 77.0 Å². The standard InChI is InChI=1S/C20H37N7O7/c1-4-10(2)15(21)18(32)27-12(6-5-9-24-20(22)23)17(31)26-13(7-8-14(28)29)16(30)25-11(3)19(33)34/h10-13,15H,4-9,21H2,1-3H3,(H,25,30)(H,26,31)(H,27,32)(H,28,29)(H,33,34)(H4,22,23,24). The van der Waals surface area contributed by atoms with Crippen molar-refractivity contribution in [1.82, 2.24) is 16.0 Å². The number of carboxylic acid groups (broad SMARTS) is 2. The lowest BCUT2D eigenvalue weighted by Gasteiger charge is -2.25.